The third kappa shape index (κ3) is 7.11. The van der Waals surface area contributed by atoms with Gasteiger partial charge < -0.3 is 29.5 Å². The monoisotopic (exact) mass is 554 g/mol. The van der Waals surface area contributed by atoms with Crippen molar-refractivity contribution in [1.82, 2.24) is 9.80 Å². The summed E-state index contributed by atoms with van der Waals surface area (Å²) in [6.07, 6.45) is 1.68. The van der Waals surface area contributed by atoms with E-state index in [2.05, 4.69) is 0 Å². The number of hydrogen-bond acceptors (Lipinski definition) is 8. The van der Waals surface area contributed by atoms with Crippen molar-refractivity contribution < 1.29 is 38.9 Å². The molecule has 2 amide bonds. The van der Waals surface area contributed by atoms with Crippen molar-refractivity contribution in [2.24, 2.45) is 11.8 Å². The molecule has 1 saturated carbocycles. The Balaban J connectivity index is 1.58. The summed E-state index contributed by atoms with van der Waals surface area (Å²) in [6, 6.07) is 8.27. The number of esters is 2. The van der Waals surface area contributed by atoms with Crippen molar-refractivity contribution in [2.75, 3.05) is 26.2 Å². The highest BCUT2D eigenvalue weighted by molar-refractivity contribution is 5.98. The summed E-state index contributed by atoms with van der Waals surface area (Å²) in [6.45, 7) is 9.27. The molecule has 1 aliphatic rings. The second-order valence-corrected chi connectivity index (χ2v) is 9.70. The molecule has 0 unspecified atom stereocenters. The molecule has 216 valence electrons. The fourth-order valence-electron chi connectivity index (χ4n) is 4.83. The Morgan fingerprint density at radius 3 is 1.27 bits per heavy atom. The van der Waals surface area contributed by atoms with Crippen LogP contribution in [0.3, 0.4) is 0 Å². The number of nitrogens with zero attached hydrogens (tertiary/aromatic N) is 2. The van der Waals surface area contributed by atoms with Crippen LogP contribution in [0.2, 0.25) is 0 Å². The summed E-state index contributed by atoms with van der Waals surface area (Å²) in [4.78, 5) is 54.1. The zero-order valence-electron chi connectivity index (χ0n) is 23.5. The number of rotatable bonds is 10. The molecule has 3 rings (SSSR count). The van der Waals surface area contributed by atoms with Gasteiger partial charge in [0.15, 0.2) is 0 Å². The molecule has 10 heteroatoms. The van der Waals surface area contributed by atoms with Crippen LogP contribution in [0.15, 0.2) is 36.4 Å². The molecule has 0 spiro atoms. The van der Waals surface area contributed by atoms with Gasteiger partial charge in [-0.1, -0.05) is 0 Å². The van der Waals surface area contributed by atoms with Gasteiger partial charge in [0.05, 0.1) is 23.0 Å². The van der Waals surface area contributed by atoms with Crippen LogP contribution in [-0.2, 0) is 9.59 Å². The normalized spacial score (nSPS) is 16.6. The van der Waals surface area contributed by atoms with E-state index < -0.39 is 23.8 Å². The van der Waals surface area contributed by atoms with Gasteiger partial charge in [0.1, 0.15) is 23.0 Å². The van der Waals surface area contributed by atoms with Gasteiger partial charge in [0.2, 0.25) is 0 Å². The molecule has 10 nitrogen and oxygen atoms in total. The van der Waals surface area contributed by atoms with Crippen LogP contribution in [-0.4, -0.2) is 69.9 Å². The molecule has 0 aliphatic heterocycles. The number of aromatic hydroxyl groups is 2. The summed E-state index contributed by atoms with van der Waals surface area (Å²) >= 11 is 0. The lowest BCUT2D eigenvalue weighted by Gasteiger charge is -2.26. The first kappa shape index (κ1) is 30.5. The van der Waals surface area contributed by atoms with E-state index in [4.69, 9.17) is 9.47 Å². The molecule has 0 radical (unpaired) electrons. The Kier molecular flexibility index (Phi) is 10.5. The highest BCUT2D eigenvalue weighted by Crippen LogP contribution is 2.33. The Labute approximate surface area is 234 Å². The highest BCUT2D eigenvalue weighted by atomic mass is 16.5. The number of carbonyl (C=O) groups is 4. The lowest BCUT2D eigenvalue weighted by molar-refractivity contribution is -0.145. The van der Waals surface area contributed by atoms with E-state index in [1.165, 1.54) is 36.4 Å². The number of benzene rings is 2. The maximum Gasteiger partial charge on any atom is 0.314 e. The maximum atomic E-state index is 12.8. The van der Waals surface area contributed by atoms with Crippen molar-refractivity contribution in [2.45, 2.75) is 53.4 Å². The molecule has 0 heterocycles. The molecule has 1 fully saturated rings. The van der Waals surface area contributed by atoms with Gasteiger partial charge in [-0.3, -0.25) is 19.2 Å². The predicted octanol–water partition coefficient (Wildman–Crippen LogP) is 4.38. The lowest BCUT2D eigenvalue weighted by atomic mass is 9.82. The Hall–Kier alpha value is -4.08. The van der Waals surface area contributed by atoms with E-state index in [0.717, 1.165) is 0 Å². The topological polar surface area (TPSA) is 134 Å². The first-order valence-electron chi connectivity index (χ1n) is 13.8. The van der Waals surface area contributed by atoms with Gasteiger partial charge in [-0.05, 0) is 89.8 Å². The quantitative estimate of drug-likeness (QED) is 0.327. The molecule has 0 bridgehead atoms. The van der Waals surface area contributed by atoms with Crippen LogP contribution in [0.25, 0.3) is 0 Å². The van der Waals surface area contributed by atoms with Crippen LogP contribution >= 0.6 is 0 Å². The molecule has 0 atom stereocenters. The number of phenolic OH excluding ortho intramolecular Hbond substituents is 2. The van der Waals surface area contributed by atoms with Gasteiger partial charge in [-0.15, -0.1) is 0 Å². The van der Waals surface area contributed by atoms with E-state index in [1.807, 2.05) is 27.7 Å². The molecule has 1 aliphatic carbocycles. The molecule has 2 aromatic rings. The van der Waals surface area contributed by atoms with E-state index in [1.54, 1.807) is 9.80 Å². The lowest BCUT2D eigenvalue weighted by Crippen LogP contribution is -2.31. The second kappa shape index (κ2) is 13.8. The van der Waals surface area contributed by atoms with Crippen molar-refractivity contribution in [1.29, 1.82) is 0 Å². The molecule has 0 aromatic heterocycles. The third-order valence-electron chi connectivity index (χ3n) is 7.33. The van der Waals surface area contributed by atoms with Crippen LogP contribution in [0.1, 0.15) is 74.1 Å². The van der Waals surface area contributed by atoms with Crippen LogP contribution in [0.5, 0.6) is 23.0 Å². The summed E-state index contributed by atoms with van der Waals surface area (Å²) in [5, 5.41) is 20.3. The zero-order chi connectivity index (χ0) is 29.4. The van der Waals surface area contributed by atoms with E-state index in [0.29, 0.717) is 51.9 Å². The van der Waals surface area contributed by atoms with Crippen molar-refractivity contribution in [3.8, 4) is 23.0 Å². The summed E-state index contributed by atoms with van der Waals surface area (Å²) < 4.78 is 11.1. The first-order valence-corrected chi connectivity index (χ1v) is 13.8. The van der Waals surface area contributed by atoms with Crippen molar-refractivity contribution in [3.63, 3.8) is 0 Å². The van der Waals surface area contributed by atoms with Crippen LogP contribution in [0, 0.1) is 11.8 Å². The Morgan fingerprint density at radius 2 is 0.975 bits per heavy atom. The molecule has 40 heavy (non-hydrogen) atoms. The van der Waals surface area contributed by atoms with Gasteiger partial charge >= 0.3 is 11.9 Å². The van der Waals surface area contributed by atoms with E-state index >= 15 is 0 Å². The largest absolute Gasteiger partial charge is 0.507 e. The average molecular weight is 555 g/mol. The number of hydrogen-bond donors (Lipinski definition) is 2. The summed E-state index contributed by atoms with van der Waals surface area (Å²) in [7, 11) is 0. The summed E-state index contributed by atoms with van der Waals surface area (Å²) in [5.74, 6) is -2.51. The molecule has 2 aromatic carbocycles. The Morgan fingerprint density at radius 1 is 0.650 bits per heavy atom. The SMILES string of the molecule is CCN(CC)C(=O)c1cc(OC(=O)C2CCC(C(=O)Oc3ccc(O)c(C(=O)N(CC)CC)c3)CC2)ccc1O. The maximum absolute atomic E-state index is 12.8. The molecule has 2 N–H and O–H groups in total. The minimum atomic E-state index is -0.461. The fraction of sp³-hybridized carbons (Fsp3) is 0.467. The standard InChI is InChI=1S/C30H38N2O8/c1-5-31(6-2)27(35)23-17-21(13-15-25(23)33)39-29(37)19-9-11-20(12-10-19)30(38)40-22-14-16-26(34)24(18-22)28(36)32(7-3)8-4/h13-20,33-34H,5-12H2,1-4H3. The van der Waals surface area contributed by atoms with Gasteiger partial charge in [0.25, 0.3) is 11.8 Å². The van der Waals surface area contributed by atoms with E-state index in [9.17, 15) is 29.4 Å². The highest BCUT2D eigenvalue weighted by Gasteiger charge is 2.32. The van der Waals surface area contributed by atoms with Crippen LogP contribution in [0.4, 0.5) is 0 Å². The fourth-order valence-corrected chi connectivity index (χ4v) is 4.83. The second-order valence-electron chi connectivity index (χ2n) is 9.70. The van der Waals surface area contributed by atoms with E-state index in [-0.39, 0.29) is 45.9 Å². The molecule has 0 saturated heterocycles. The number of phenols is 2. The smallest absolute Gasteiger partial charge is 0.314 e. The van der Waals surface area contributed by atoms with Crippen molar-refractivity contribution >= 4 is 23.8 Å². The van der Waals surface area contributed by atoms with Gasteiger partial charge in [-0.25, -0.2) is 0 Å². The van der Waals surface area contributed by atoms with Crippen molar-refractivity contribution in [3.05, 3.63) is 47.5 Å². The van der Waals surface area contributed by atoms with Gasteiger partial charge in [-0.2, -0.15) is 0 Å². The number of ether oxygens (including phenoxy) is 2. The minimum absolute atomic E-state index is 0.0663. The summed E-state index contributed by atoms with van der Waals surface area (Å²) in [5.41, 5.74) is 0.133. The zero-order valence-corrected chi connectivity index (χ0v) is 23.5. The van der Waals surface area contributed by atoms with Gasteiger partial charge in [0, 0.05) is 26.2 Å². The molecular formula is C30H38N2O8. The minimum Gasteiger partial charge on any atom is -0.507 e. The first-order chi connectivity index (χ1) is 19.1. The molecular weight excluding hydrogens is 516 g/mol. The van der Waals surface area contributed by atoms with Crippen LogP contribution < -0.4 is 9.47 Å². The number of carbonyl (C=O) groups excluding carboxylic acids is 4. The Bertz CT molecular complexity index is 1130. The average Bonchev–Trinajstić information content (AvgIpc) is 2.96. The predicted molar refractivity (Wildman–Crippen MR) is 147 cm³/mol. The number of amides is 2. The third-order valence-corrected chi connectivity index (χ3v) is 7.33.